The molecule has 8 nitrogen and oxygen atoms in total. The van der Waals surface area contributed by atoms with Crippen molar-refractivity contribution in [2.45, 2.75) is 6.42 Å². The maximum absolute atomic E-state index is 11.6. The van der Waals surface area contributed by atoms with Crippen LogP contribution in [0.2, 0.25) is 0 Å². The number of carbonyl (C=O) groups excluding carboxylic acids is 2. The van der Waals surface area contributed by atoms with Gasteiger partial charge in [0.1, 0.15) is 11.4 Å². The van der Waals surface area contributed by atoms with Gasteiger partial charge in [-0.25, -0.2) is 5.43 Å². The Morgan fingerprint density at radius 2 is 1.85 bits per heavy atom. The molecule has 0 fully saturated rings. The Labute approximate surface area is 171 Å². The predicted molar refractivity (Wildman–Crippen MR) is 115 cm³/mol. The third kappa shape index (κ3) is 8.90. The fourth-order valence-corrected chi connectivity index (χ4v) is 2.04. The molecule has 0 aliphatic rings. The molecule has 0 atom stereocenters. The van der Waals surface area contributed by atoms with Gasteiger partial charge in [0.2, 0.25) is 11.8 Å². The molecule has 27 heavy (non-hydrogen) atoms. The SMILES string of the molecule is CNNC(=O)CC(=O)NN(C)C(=S)c1cccnc1.S=Cc1cccnc1.[HH].[HH]. The lowest BCUT2D eigenvalue weighted by Gasteiger charge is -2.20. The highest BCUT2D eigenvalue weighted by molar-refractivity contribution is 7.80. The molecular weight excluding hydrogens is 384 g/mol. The lowest BCUT2D eigenvalue weighted by atomic mass is 10.3. The molecular formula is C17H24N6O2S2. The zero-order valence-electron chi connectivity index (χ0n) is 14.9. The lowest BCUT2D eigenvalue weighted by molar-refractivity contribution is -0.131. The quantitative estimate of drug-likeness (QED) is 0.387. The van der Waals surface area contributed by atoms with E-state index in [2.05, 4.69) is 38.5 Å². The van der Waals surface area contributed by atoms with E-state index in [-0.39, 0.29) is 9.27 Å². The second-order valence-corrected chi connectivity index (χ2v) is 5.64. The van der Waals surface area contributed by atoms with Crippen molar-refractivity contribution in [3.8, 4) is 0 Å². The number of hydrazine groups is 2. The molecule has 0 aliphatic heterocycles. The summed E-state index contributed by atoms with van der Waals surface area (Å²) in [6, 6.07) is 7.31. The van der Waals surface area contributed by atoms with Gasteiger partial charge in [0, 0.05) is 58.2 Å². The molecule has 2 amide bonds. The summed E-state index contributed by atoms with van der Waals surface area (Å²) in [5.74, 6) is -0.887. The summed E-state index contributed by atoms with van der Waals surface area (Å²) in [5, 5.41) is 2.98. The first-order valence-electron chi connectivity index (χ1n) is 7.76. The fraction of sp³-hybridized carbons (Fsp3) is 0.176. The summed E-state index contributed by atoms with van der Waals surface area (Å²) in [4.78, 5) is 30.9. The van der Waals surface area contributed by atoms with E-state index in [1.807, 2.05) is 12.1 Å². The van der Waals surface area contributed by atoms with Crippen LogP contribution < -0.4 is 16.3 Å². The monoisotopic (exact) mass is 408 g/mol. The van der Waals surface area contributed by atoms with Crippen LogP contribution in [-0.4, -0.2) is 51.2 Å². The van der Waals surface area contributed by atoms with E-state index >= 15 is 0 Å². The number of hydrogen-bond donors (Lipinski definition) is 3. The number of hydrogen-bond acceptors (Lipinski definition) is 7. The van der Waals surface area contributed by atoms with E-state index in [0.29, 0.717) is 10.6 Å². The van der Waals surface area contributed by atoms with Gasteiger partial charge in [-0.3, -0.25) is 35.4 Å². The van der Waals surface area contributed by atoms with Gasteiger partial charge >= 0.3 is 0 Å². The molecule has 2 rings (SSSR count). The summed E-state index contributed by atoms with van der Waals surface area (Å²) in [6.07, 6.45) is 6.39. The minimum absolute atomic E-state index is 0. The van der Waals surface area contributed by atoms with Crippen molar-refractivity contribution in [1.82, 2.24) is 31.3 Å². The van der Waals surface area contributed by atoms with E-state index in [1.165, 1.54) is 5.01 Å². The van der Waals surface area contributed by atoms with Gasteiger partial charge in [-0.2, -0.15) is 0 Å². The van der Waals surface area contributed by atoms with Crippen LogP contribution in [0.1, 0.15) is 20.4 Å². The van der Waals surface area contributed by atoms with Gasteiger partial charge in [-0.05, 0) is 18.2 Å². The second kappa shape index (κ2) is 12.5. The Bertz CT molecular complexity index is 769. The van der Waals surface area contributed by atoms with Crippen molar-refractivity contribution >= 4 is 46.6 Å². The van der Waals surface area contributed by atoms with Crippen molar-refractivity contribution in [3.63, 3.8) is 0 Å². The number of pyridine rings is 2. The van der Waals surface area contributed by atoms with E-state index in [1.54, 1.807) is 56.4 Å². The highest BCUT2D eigenvalue weighted by Crippen LogP contribution is 2.01. The van der Waals surface area contributed by atoms with Gasteiger partial charge in [0.15, 0.2) is 0 Å². The minimum atomic E-state index is -0.457. The molecule has 0 radical (unpaired) electrons. The van der Waals surface area contributed by atoms with Gasteiger partial charge < -0.3 is 0 Å². The van der Waals surface area contributed by atoms with E-state index in [0.717, 1.165) is 5.56 Å². The van der Waals surface area contributed by atoms with Crippen molar-refractivity contribution in [2.75, 3.05) is 14.1 Å². The van der Waals surface area contributed by atoms with Crippen molar-refractivity contribution < 1.29 is 12.4 Å². The van der Waals surface area contributed by atoms with Crippen molar-refractivity contribution in [3.05, 3.63) is 60.2 Å². The first-order chi connectivity index (χ1) is 13.0. The highest BCUT2D eigenvalue weighted by Gasteiger charge is 2.13. The number of amides is 2. The van der Waals surface area contributed by atoms with Crippen LogP contribution in [-0.2, 0) is 9.59 Å². The molecule has 0 saturated carbocycles. The maximum atomic E-state index is 11.6. The van der Waals surface area contributed by atoms with Gasteiger partial charge in [-0.1, -0.05) is 30.5 Å². The normalized spacial score (nSPS) is 9.26. The molecule has 0 aromatic carbocycles. The summed E-state index contributed by atoms with van der Waals surface area (Å²) in [6.45, 7) is 0. The second-order valence-electron chi connectivity index (χ2n) is 5.02. The first-order valence-corrected chi connectivity index (χ1v) is 8.64. The average molecular weight is 409 g/mol. The molecule has 0 unspecified atom stereocenters. The maximum Gasteiger partial charge on any atom is 0.247 e. The average Bonchev–Trinajstić information content (AvgIpc) is 2.69. The number of aromatic nitrogens is 2. The summed E-state index contributed by atoms with van der Waals surface area (Å²) in [7, 11) is 3.14. The number of nitrogens with zero attached hydrogens (tertiary/aromatic N) is 3. The largest absolute Gasteiger partial charge is 0.291 e. The molecule has 0 spiro atoms. The van der Waals surface area contributed by atoms with Crippen LogP contribution in [0.15, 0.2) is 49.1 Å². The summed E-state index contributed by atoms with van der Waals surface area (Å²) in [5.41, 5.74) is 8.95. The topological polar surface area (TPSA) is 99.2 Å². The third-order valence-corrected chi connectivity index (χ3v) is 3.69. The Balaban J connectivity index is 0. The Hall–Kier alpha value is -2.82. The highest BCUT2D eigenvalue weighted by atomic mass is 32.1. The number of thiocarbonyl (C=S) groups is 2. The molecule has 146 valence electrons. The Morgan fingerprint density at radius 3 is 2.33 bits per heavy atom. The van der Waals surface area contributed by atoms with Gasteiger partial charge in [0.25, 0.3) is 0 Å². The van der Waals surface area contributed by atoms with Crippen LogP contribution in [0.5, 0.6) is 0 Å². The molecule has 10 heteroatoms. The fourth-order valence-electron chi connectivity index (χ4n) is 1.74. The zero-order valence-corrected chi connectivity index (χ0v) is 16.5. The number of carbonyl (C=O) groups is 2. The van der Waals surface area contributed by atoms with Crippen LogP contribution in [0.3, 0.4) is 0 Å². The Morgan fingerprint density at radius 1 is 1.19 bits per heavy atom. The standard InChI is InChI=1S/C11H15N5O2S.C6H5NS.2H2/c1-12-14-9(17)6-10(18)15-16(2)11(19)8-4-3-5-13-7-8;8-5-6-2-1-3-7-4-6;;/h3-5,7,12H,6H2,1-2H3,(H,14,17)(H,15,18);1-5H;2*1H. The predicted octanol–water partition coefficient (Wildman–Crippen LogP) is 1.28. The van der Waals surface area contributed by atoms with Crippen LogP contribution in [0.25, 0.3) is 0 Å². The number of nitrogens with one attached hydrogen (secondary N) is 3. The van der Waals surface area contributed by atoms with Crippen LogP contribution >= 0.6 is 24.4 Å². The van der Waals surface area contributed by atoms with Crippen LogP contribution in [0, 0.1) is 0 Å². The van der Waals surface area contributed by atoms with E-state index in [9.17, 15) is 9.59 Å². The molecule has 0 saturated heterocycles. The van der Waals surface area contributed by atoms with Crippen molar-refractivity contribution in [1.29, 1.82) is 0 Å². The smallest absolute Gasteiger partial charge is 0.247 e. The minimum Gasteiger partial charge on any atom is -0.291 e. The summed E-state index contributed by atoms with van der Waals surface area (Å²) < 4.78 is 0. The molecule has 2 aromatic heterocycles. The van der Waals surface area contributed by atoms with Gasteiger partial charge in [0.05, 0.1) is 0 Å². The molecule has 2 aromatic rings. The zero-order chi connectivity index (χ0) is 20.1. The van der Waals surface area contributed by atoms with Gasteiger partial charge in [-0.15, -0.1) is 0 Å². The number of rotatable bonds is 5. The molecule has 0 aliphatic carbocycles. The van der Waals surface area contributed by atoms with E-state index in [4.69, 9.17) is 12.2 Å². The molecule has 0 bridgehead atoms. The van der Waals surface area contributed by atoms with E-state index < -0.39 is 11.8 Å². The molecule has 2 heterocycles. The van der Waals surface area contributed by atoms with Crippen LogP contribution in [0.4, 0.5) is 0 Å². The van der Waals surface area contributed by atoms with Crippen molar-refractivity contribution in [2.24, 2.45) is 0 Å². The lowest BCUT2D eigenvalue weighted by Crippen LogP contribution is -2.45. The summed E-state index contributed by atoms with van der Waals surface area (Å²) >= 11 is 9.84. The Kier molecular flexibility index (Phi) is 10.3. The molecule has 3 N–H and O–H groups in total. The third-order valence-electron chi connectivity index (χ3n) is 2.91. The first kappa shape index (κ1) is 22.2.